The van der Waals surface area contributed by atoms with Crippen LogP contribution in [0.25, 0.3) is 0 Å². The van der Waals surface area contributed by atoms with Gasteiger partial charge in [-0.05, 0) is 31.4 Å². The molecule has 1 aromatic rings. The predicted octanol–water partition coefficient (Wildman–Crippen LogP) is 2.10. The van der Waals surface area contributed by atoms with Crippen LogP contribution < -0.4 is 0 Å². The molecule has 1 aliphatic heterocycles. The summed E-state index contributed by atoms with van der Waals surface area (Å²) in [6.07, 6.45) is 1.05. The van der Waals surface area contributed by atoms with E-state index in [9.17, 15) is 8.42 Å². The van der Waals surface area contributed by atoms with E-state index in [-0.39, 0.29) is 5.25 Å². The standard InChI is InChI=1S/C16H26N2O2S/c1-4-15-6-5-7-16(12-15)13-17-8-10-18(11-9-17)21(19,20)14(2)3/h5-7,12,14H,4,8-11,13H2,1-3H3. The van der Waals surface area contributed by atoms with Gasteiger partial charge in [0.1, 0.15) is 0 Å². The summed E-state index contributed by atoms with van der Waals surface area (Å²) >= 11 is 0. The van der Waals surface area contributed by atoms with E-state index in [0.717, 1.165) is 26.1 Å². The predicted molar refractivity (Wildman–Crippen MR) is 86.7 cm³/mol. The second-order valence-corrected chi connectivity index (χ2v) is 8.43. The van der Waals surface area contributed by atoms with Crippen LogP contribution in [0.15, 0.2) is 24.3 Å². The molecule has 0 spiro atoms. The van der Waals surface area contributed by atoms with Crippen molar-refractivity contribution in [3.63, 3.8) is 0 Å². The van der Waals surface area contributed by atoms with Gasteiger partial charge in [0.25, 0.3) is 0 Å². The first-order chi connectivity index (χ1) is 9.93. The quantitative estimate of drug-likeness (QED) is 0.836. The molecule has 0 saturated carbocycles. The lowest BCUT2D eigenvalue weighted by molar-refractivity contribution is 0.181. The number of hydrogen-bond donors (Lipinski definition) is 0. The van der Waals surface area contributed by atoms with Gasteiger partial charge in [0.15, 0.2) is 0 Å². The molecule has 1 aliphatic rings. The lowest BCUT2D eigenvalue weighted by atomic mass is 10.1. The number of piperazine rings is 1. The molecule has 0 N–H and O–H groups in total. The molecule has 1 heterocycles. The Morgan fingerprint density at radius 1 is 1.10 bits per heavy atom. The maximum atomic E-state index is 12.1. The van der Waals surface area contributed by atoms with Crippen LogP contribution in [0.5, 0.6) is 0 Å². The van der Waals surface area contributed by atoms with Gasteiger partial charge in [-0.15, -0.1) is 0 Å². The lowest BCUT2D eigenvalue weighted by Crippen LogP contribution is -2.49. The molecule has 0 atom stereocenters. The maximum Gasteiger partial charge on any atom is 0.216 e. The smallest absolute Gasteiger partial charge is 0.216 e. The van der Waals surface area contributed by atoms with Gasteiger partial charge in [-0.3, -0.25) is 4.90 Å². The van der Waals surface area contributed by atoms with Crippen LogP contribution in [0, 0.1) is 0 Å². The van der Waals surface area contributed by atoms with Crippen molar-refractivity contribution in [1.29, 1.82) is 0 Å². The Bertz CT molecular complexity index is 561. The summed E-state index contributed by atoms with van der Waals surface area (Å²) < 4.78 is 25.9. The molecule has 0 bridgehead atoms. The van der Waals surface area contributed by atoms with Crippen molar-refractivity contribution in [2.45, 2.75) is 39.0 Å². The third-order valence-electron chi connectivity index (χ3n) is 4.09. The zero-order chi connectivity index (χ0) is 15.5. The zero-order valence-electron chi connectivity index (χ0n) is 13.2. The highest BCUT2D eigenvalue weighted by Crippen LogP contribution is 2.15. The minimum Gasteiger partial charge on any atom is -0.296 e. The highest BCUT2D eigenvalue weighted by Gasteiger charge is 2.29. The topological polar surface area (TPSA) is 40.6 Å². The molecule has 1 aromatic carbocycles. The number of aryl methyl sites for hydroxylation is 1. The Hall–Kier alpha value is -0.910. The van der Waals surface area contributed by atoms with E-state index in [1.54, 1.807) is 18.2 Å². The van der Waals surface area contributed by atoms with Crippen molar-refractivity contribution < 1.29 is 8.42 Å². The van der Waals surface area contributed by atoms with E-state index in [1.165, 1.54) is 11.1 Å². The molecule has 0 unspecified atom stereocenters. The zero-order valence-corrected chi connectivity index (χ0v) is 14.1. The Labute approximate surface area is 128 Å². The molecule has 4 nitrogen and oxygen atoms in total. The minimum absolute atomic E-state index is 0.328. The molecule has 21 heavy (non-hydrogen) atoms. The van der Waals surface area contributed by atoms with Crippen molar-refractivity contribution in [1.82, 2.24) is 9.21 Å². The largest absolute Gasteiger partial charge is 0.296 e. The summed E-state index contributed by atoms with van der Waals surface area (Å²) in [6, 6.07) is 8.65. The van der Waals surface area contributed by atoms with Crippen molar-refractivity contribution in [2.24, 2.45) is 0 Å². The van der Waals surface area contributed by atoms with E-state index >= 15 is 0 Å². The second kappa shape index (κ2) is 6.90. The van der Waals surface area contributed by atoms with Gasteiger partial charge in [0, 0.05) is 32.7 Å². The monoisotopic (exact) mass is 310 g/mol. The maximum absolute atomic E-state index is 12.1. The fraction of sp³-hybridized carbons (Fsp3) is 0.625. The lowest BCUT2D eigenvalue weighted by Gasteiger charge is -2.34. The van der Waals surface area contributed by atoms with Gasteiger partial charge in [-0.25, -0.2) is 8.42 Å². The van der Waals surface area contributed by atoms with Crippen molar-refractivity contribution in [3.8, 4) is 0 Å². The fourth-order valence-electron chi connectivity index (χ4n) is 2.65. The normalized spacial score (nSPS) is 18.3. The Morgan fingerprint density at radius 2 is 1.71 bits per heavy atom. The average molecular weight is 310 g/mol. The van der Waals surface area contributed by atoms with Crippen LogP contribution in [0.4, 0.5) is 0 Å². The number of nitrogens with zero attached hydrogens (tertiary/aromatic N) is 2. The molecule has 0 radical (unpaired) electrons. The van der Waals surface area contributed by atoms with E-state index in [2.05, 4.69) is 36.1 Å². The van der Waals surface area contributed by atoms with Gasteiger partial charge in [0.2, 0.25) is 10.0 Å². The summed E-state index contributed by atoms with van der Waals surface area (Å²) in [5, 5.41) is -0.328. The Balaban J connectivity index is 1.92. The molecule has 0 amide bonds. The molecule has 1 saturated heterocycles. The van der Waals surface area contributed by atoms with E-state index in [0.29, 0.717) is 13.1 Å². The van der Waals surface area contributed by atoms with E-state index < -0.39 is 10.0 Å². The number of hydrogen-bond acceptors (Lipinski definition) is 3. The van der Waals surface area contributed by atoms with Crippen LogP contribution in [0.3, 0.4) is 0 Å². The van der Waals surface area contributed by atoms with Crippen molar-refractivity contribution in [3.05, 3.63) is 35.4 Å². The van der Waals surface area contributed by atoms with Crippen molar-refractivity contribution in [2.75, 3.05) is 26.2 Å². The highest BCUT2D eigenvalue weighted by molar-refractivity contribution is 7.89. The second-order valence-electron chi connectivity index (χ2n) is 5.94. The van der Waals surface area contributed by atoms with E-state index in [1.807, 2.05) is 0 Å². The summed E-state index contributed by atoms with van der Waals surface area (Å²) in [6.45, 7) is 9.39. The first kappa shape index (κ1) is 16.5. The Kier molecular flexibility index (Phi) is 5.41. The number of rotatable bonds is 5. The number of sulfonamides is 1. The van der Waals surface area contributed by atoms with Gasteiger partial charge in [0.05, 0.1) is 5.25 Å². The number of benzene rings is 1. The summed E-state index contributed by atoms with van der Waals surface area (Å²) in [7, 11) is -3.10. The van der Waals surface area contributed by atoms with Crippen LogP contribution in [0.2, 0.25) is 0 Å². The molecule has 0 aromatic heterocycles. The SMILES string of the molecule is CCc1cccc(CN2CCN(S(=O)(=O)C(C)C)CC2)c1. The molecular formula is C16H26N2O2S. The first-order valence-corrected chi connectivity index (χ1v) is 9.23. The molecule has 2 rings (SSSR count). The van der Waals surface area contributed by atoms with Crippen molar-refractivity contribution >= 4 is 10.0 Å². The fourth-order valence-corrected chi connectivity index (χ4v) is 3.91. The third-order valence-corrected chi connectivity index (χ3v) is 6.37. The Morgan fingerprint density at radius 3 is 2.29 bits per heavy atom. The van der Waals surface area contributed by atoms with Gasteiger partial charge < -0.3 is 0 Å². The summed E-state index contributed by atoms with van der Waals surface area (Å²) in [5.74, 6) is 0. The third kappa shape index (κ3) is 4.05. The van der Waals surface area contributed by atoms with Crippen LogP contribution in [0.1, 0.15) is 31.9 Å². The molecule has 118 valence electrons. The molecule has 5 heteroatoms. The molecule has 1 fully saturated rings. The first-order valence-electron chi connectivity index (χ1n) is 7.72. The van der Waals surface area contributed by atoms with E-state index in [4.69, 9.17) is 0 Å². The molecular weight excluding hydrogens is 284 g/mol. The highest BCUT2D eigenvalue weighted by atomic mass is 32.2. The van der Waals surface area contributed by atoms with Crippen LogP contribution >= 0.6 is 0 Å². The van der Waals surface area contributed by atoms with Gasteiger partial charge in [-0.1, -0.05) is 31.2 Å². The van der Waals surface area contributed by atoms with Crippen LogP contribution in [-0.2, 0) is 23.0 Å². The summed E-state index contributed by atoms with van der Waals surface area (Å²) in [4.78, 5) is 2.33. The van der Waals surface area contributed by atoms with Gasteiger partial charge in [-0.2, -0.15) is 4.31 Å². The van der Waals surface area contributed by atoms with Gasteiger partial charge >= 0.3 is 0 Å². The van der Waals surface area contributed by atoms with Crippen LogP contribution in [-0.4, -0.2) is 49.1 Å². The summed E-state index contributed by atoms with van der Waals surface area (Å²) in [5.41, 5.74) is 2.67. The average Bonchev–Trinajstić information content (AvgIpc) is 2.48. The minimum atomic E-state index is -3.10. The molecule has 0 aliphatic carbocycles.